The van der Waals surface area contributed by atoms with Crippen molar-refractivity contribution in [1.82, 2.24) is 0 Å². The number of anilines is 2. The van der Waals surface area contributed by atoms with Crippen molar-refractivity contribution in [3.05, 3.63) is 96.1 Å². The number of carboxylic acid groups (broad SMARTS) is 1. The molecule has 0 radical (unpaired) electrons. The monoisotopic (exact) mass is 472 g/mol. The Balaban J connectivity index is 1.36. The number of amides is 2. The SMILES string of the molecule is O=C(CSc1cccc(NC(=O)c2ccc3ccccc3c2)c1)Nc1ccc(O)c(C(=O)O)c1. The highest BCUT2D eigenvalue weighted by molar-refractivity contribution is 8.00. The molecule has 0 fully saturated rings. The maximum Gasteiger partial charge on any atom is 0.339 e. The van der Waals surface area contributed by atoms with Crippen molar-refractivity contribution < 1.29 is 24.6 Å². The summed E-state index contributed by atoms with van der Waals surface area (Å²) in [5.41, 5.74) is 1.14. The Labute approximate surface area is 199 Å². The summed E-state index contributed by atoms with van der Waals surface area (Å²) in [5.74, 6) is -2.15. The Morgan fingerprint density at radius 3 is 2.32 bits per heavy atom. The molecule has 170 valence electrons. The van der Waals surface area contributed by atoms with Crippen LogP contribution in [0, 0.1) is 0 Å². The van der Waals surface area contributed by atoms with E-state index in [1.165, 1.54) is 30.0 Å². The molecule has 0 aliphatic heterocycles. The lowest BCUT2D eigenvalue weighted by Crippen LogP contribution is -2.14. The normalized spacial score (nSPS) is 10.6. The Morgan fingerprint density at radius 2 is 1.53 bits per heavy atom. The smallest absolute Gasteiger partial charge is 0.339 e. The van der Waals surface area contributed by atoms with Gasteiger partial charge in [-0.25, -0.2) is 4.79 Å². The molecule has 0 aliphatic carbocycles. The average molecular weight is 473 g/mol. The van der Waals surface area contributed by atoms with Crippen molar-refractivity contribution in [1.29, 1.82) is 0 Å². The number of benzene rings is 4. The molecule has 0 heterocycles. The summed E-state index contributed by atoms with van der Waals surface area (Å²) in [4.78, 5) is 36.9. The van der Waals surface area contributed by atoms with Gasteiger partial charge in [0.1, 0.15) is 11.3 Å². The van der Waals surface area contributed by atoms with Crippen molar-refractivity contribution in [2.45, 2.75) is 4.90 Å². The molecule has 4 rings (SSSR count). The number of thioether (sulfide) groups is 1. The standard InChI is InChI=1S/C26H20N2O5S/c29-23-11-10-20(14-22(23)26(32)33)27-24(30)15-34-21-7-3-6-19(13-21)28-25(31)18-9-8-16-4-1-2-5-17(16)12-18/h1-14,29H,15H2,(H,27,30)(H,28,31)(H,32,33). The van der Waals surface area contributed by atoms with E-state index in [1.54, 1.807) is 24.3 Å². The highest BCUT2D eigenvalue weighted by atomic mass is 32.2. The zero-order chi connectivity index (χ0) is 24.1. The molecule has 0 bridgehead atoms. The first kappa shape index (κ1) is 22.9. The van der Waals surface area contributed by atoms with Crippen LogP contribution in [0.15, 0.2) is 89.8 Å². The molecule has 0 aliphatic rings. The minimum absolute atomic E-state index is 0.0748. The van der Waals surface area contributed by atoms with Crippen molar-refractivity contribution in [3.8, 4) is 5.75 Å². The number of aromatic hydroxyl groups is 1. The van der Waals surface area contributed by atoms with Crippen LogP contribution in [0.4, 0.5) is 11.4 Å². The Morgan fingerprint density at radius 1 is 0.765 bits per heavy atom. The number of fused-ring (bicyclic) bond motifs is 1. The van der Waals surface area contributed by atoms with E-state index < -0.39 is 5.97 Å². The summed E-state index contributed by atoms with van der Waals surface area (Å²) in [6.07, 6.45) is 0. The number of carboxylic acids is 1. The van der Waals surface area contributed by atoms with Crippen LogP contribution in [0.3, 0.4) is 0 Å². The first-order valence-corrected chi connectivity index (χ1v) is 11.3. The van der Waals surface area contributed by atoms with Crippen LogP contribution in [0.1, 0.15) is 20.7 Å². The van der Waals surface area contributed by atoms with Gasteiger partial charge in [0.05, 0.1) is 5.75 Å². The number of carbonyl (C=O) groups excluding carboxylic acids is 2. The number of rotatable bonds is 7. The van der Waals surface area contributed by atoms with Crippen LogP contribution in [0.2, 0.25) is 0 Å². The topological polar surface area (TPSA) is 116 Å². The molecule has 0 unspecified atom stereocenters. The summed E-state index contributed by atoms with van der Waals surface area (Å²) >= 11 is 1.27. The third-order valence-corrected chi connectivity index (χ3v) is 5.98. The fourth-order valence-corrected chi connectivity index (χ4v) is 4.08. The van der Waals surface area contributed by atoms with E-state index in [4.69, 9.17) is 5.11 Å². The predicted octanol–water partition coefficient (Wildman–Crippen LogP) is 5.23. The summed E-state index contributed by atoms with van der Waals surface area (Å²) in [5, 5.41) is 26.2. The number of nitrogens with one attached hydrogen (secondary N) is 2. The van der Waals surface area contributed by atoms with Gasteiger partial charge < -0.3 is 20.8 Å². The fraction of sp³-hybridized carbons (Fsp3) is 0.0385. The molecule has 0 atom stereocenters. The molecule has 8 heteroatoms. The van der Waals surface area contributed by atoms with E-state index in [0.29, 0.717) is 11.3 Å². The van der Waals surface area contributed by atoms with Gasteiger partial charge in [-0.05, 0) is 59.3 Å². The van der Waals surface area contributed by atoms with E-state index in [2.05, 4.69) is 10.6 Å². The van der Waals surface area contributed by atoms with Crippen molar-refractivity contribution in [2.24, 2.45) is 0 Å². The molecule has 0 aromatic heterocycles. The Bertz CT molecular complexity index is 1400. The zero-order valence-corrected chi connectivity index (χ0v) is 18.6. The highest BCUT2D eigenvalue weighted by Crippen LogP contribution is 2.24. The molecular weight excluding hydrogens is 452 g/mol. The number of carbonyl (C=O) groups is 3. The van der Waals surface area contributed by atoms with Crippen molar-refractivity contribution in [3.63, 3.8) is 0 Å². The molecule has 34 heavy (non-hydrogen) atoms. The first-order valence-electron chi connectivity index (χ1n) is 10.3. The van der Waals surface area contributed by atoms with Crippen molar-refractivity contribution in [2.75, 3.05) is 16.4 Å². The predicted molar refractivity (Wildman–Crippen MR) is 133 cm³/mol. The molecular formula is C26H20N2O5S. The summed E-state index contributed by atoms with van der Waals surface area (Å²) in [6, 6.07) is 24.3. The maximum atomic E-state index is 12.7. The van der Waals surface area contributed by atoms with Gasteiger partial charge in [-0.3, -0.25) is 9.59 Å². The van der Waals surface area contributed by atoms with Crippen LogP contribution < -0.4 is 10.6 Å². The zero-order valence-electron chi connectivity index (χ0n) is 17.8. The van der Waals surface area contributed by atoms with E-state index in [1.807, 2.05) is 42.5 Å². The van der Waals surface area contributed by atoms with Crippen LogP contribution in [-0.2, 0) is 4.79 Å². The second kappa shape index (κ2) is 10.1. The molecule has 0 spiro atoms. The molecule has 4 aromatic carbocycles. The van der Waals surface area contributed by atoms with E-state index >= 15 is 0 Å². The van der Waals surface area contributed by atoms with Gasteiger partial charge in [0.25, 0.3) is 5.91 Å². The lowest BCUT2D eigenvalue weighted by Gasteiger charge is -2.09. The second-order valence-electron chi connectivity index (χ2n) is 7.42. The fourth-order valence-electron chi connectivity index (χ4n) is 3.33. The Kier molecular flexibility index (Phi) is 6.79. The third kappa shape index (κ3) is 5.54. The molecule has 7 nitrogen and oxygen atoms in total. The molecule has 4 aromatic rings. The van der Waals surface area contributed by atoms with Crippen LogP contribution in [-0.4, -0.2) is 33.7 Å². The van der Waals surface area contributed by atoms with Crippen molar-refractivity contribution >= 4 is 51.7 Å². The summed E-state index contributed by atoms with van der Waals surface area (Å²) < 4.78 is 0. The minimum Gasteiger partial charge on any atom is -0.507 e. The minimum atomic E-state index is -1.29. The van der Waals surface area contributed by atoms with Gasteiger partial charge in [0.15, 0.2) is 0 Å². The van der Waals surface area contributed by atoms with Gasteiger partial charge in [-0.1, -0.05) is 36.4 Å². The number of phenols is 1. The van der Waals surface area contributed by atoms with Gasteiger partial charge in [0.2, 0.25) is 5.91 Å². The second-order valence-corrected chi connectivity index (χ2v) is 8.47. The van der Waals surface area contributed by atoms with E-state index in [-0.39, 0.29) is 34.6 Å². The van der Waals surface area contributed by atoms with Gasteiger partial charge in [0, 0.05) is 21.8 Å². The van der Waals surface area contributed by atoms with Crippen LogP contribution >= 0.6 is 11.8 Å². The summed E-state index contributed by atoms with van der Waals surface area (Å²) in [6.45, 7) is 0. The molecule has 2 amide bonds. The van der Waals surface area contributed by atoms with Gasteiger partial charge in [-0.15, -0.1) is 11.8 Å². The molecule has 0 saturated heterocycles. The first-order chi connectivity index (χ1) is 16.4. The van der Waals surface area contributed by atoms with E-state index in [0.717, 1.165) is 15.7 Å². The number of aromatic carboxylic acids is 1. The highest BCUT2D eigenvalue weighted by Gasteiger charge is 2.12. The largest absolute Gasteiger partial charge is 0.507 e. The lowest BCUT2D eigenvalue weighted by molar-refractivity contribution is -0.113. The average Bonchev–Trinajstić information content (AvgIpc) is 2.83. The van der Waals surface area contributed by atoms with Gasteiger partial charge in [-0.2, -0.15) is 0 Å². The molecule has 4 N–H and O–H groups in total. The number of hydrogen-bond acceptors (Lipinski definition) is 5. The quantitative estimate of drug-likeness (QED) is 0.216. The van der Waals surface area contributed by atoms with Crippen LogP contribution in [0.25, 0.3) is 10.8 Å². The van der Waals surface area contributed by atoms with E-state index in [9.17, 15) is 19.5 Å². The molecule has 0 saturated carbocycles. The lowest BCUT2D eigenvalue weighted by atomic mass is 10.1. The Hall–Kier alpha value is -4.30. The maximum absolute atomic E-state index is 12.7. The third-order valence-electron chi connectivity index (χ3n) is 4.98. The summed E-state index contributed by atoms with van der Waals surface area (Å²) in [7, 11) is 0. The van der Waals surface area contributed by atoms with Crippen LogP contribution in [0.5, 0.6) is 5.75 Å². The van der Waals surface area contributed by atoms with Gasteiger partial charge >= 0.3 is 5.97 Å². The number of hydrogen-bond donors (Lipinski definition) is 4.